The number of benzene rings is 1. The normalized spacial score (nSPS) is 15.9. The Bertz CT molecular complexity index is 739. The number of nitrogens with one attached hydrogen (secondary N) is 1. The molecule has 3 rings (SSSR count). The van der Waals surface area contributed by atoms with Gasteiger partial charge in [-0.25, -0.2) is 4.98 Å². The van der Waals surface area contributed by atoms with Gasteiger partial charge in [0.05, 0.1) is 10.7 Å². The van der Waals surface area contributed by atoms with Gasteiger partial charge in [0.15, 0.2) is 5.96 Å². The van der Waals surface area contributed by atoms with E-state index in [-0.39, 0.29) is 5.41 Å². The molecule has 1 aromatic carbocycles. The standard InChI is InChI=1S/C21H31N5S/c1-21(2,3)18-16-27-19(24-18)10-11-23-20(22-4)26-14-12-25(13-15-26)17-8-6-5-7-9-17/h5-9,16H,10-15H2,1-4H3,(H,22,23). The first-order valence-electron chi connectivity index (χ1n) is 9.68. The number of guanidine groups is 1. The number of piperazine rings is 1. The number of para-hydroxylation sites is 1. The van der Waals surface area contributed by atoms with Crippen molar-refractivity contribution in [2.75, 3.05) is 44.7 Å². The van der Waals surface area contributed by atoms with Crippen LogP contribution < -0.4 is 10.2 Å². The minimum Gasteiger partial charge on any atom is -0.368 e. The molecule has 0 unspecified atom stereocenters. The number of rotatable bonds is 4. The van der Waals surface area contributed by atoms with Crippen LogP contribution in [0.1, 0.15) is 31.5 Å². The van der Waals surface area contributed by atoms with Crippen molar-refractivity contribution in [2.45, 2.75) is 32.6 Å². The zero-order valence-electron chi connectivity index (χ0n) is 16.9. The molecule has 1 aromatic heterocycles. The summed E-state index contributed by atoms with van der Waals surface area (Å²) in [4.78, 5) is 14.0. The summed E-state index contributed by atoms with van der Waals surface area (Å²) in [7, 11) is 1.87. The van der Waals surface area contributed by atoms with Crippen molar-refractivity contribution in [1.82, 2.24) is 15.2 Å². The molecule has 1 aliphatic rings. The summed E-state index contributed by atoms with van der Waals surface area (Å²) in [5.74, 6) is 0.996. The van der Waals surface area contributed by atoms with E-state index in [1.807, 2.05) is 7.05 Å². The van der Waals surface area contributed by atoms with Gasteiger partial charge in [-0.3, -0.25) is 4.99 Å². The predicted molar refractivity (Wildman–Crippen MR) is 116 cm³/mol. The minimum atomic E-state index is 0.122. The Morgan fingerprint density at radius 3 is 2.44 bits per heavy atom. The number of hydrogen-bond donors (Lipinski definition) is 1. The van der Waals surface area contributed by atoms with Crippen LogP contribution in [0.15, 0.2) is 40.7 Å². The van der Waals surface area contributed by atoms with Crippen molar-refractivity contribution in [3.05, 3.63) is 46.4 Å². The molecule has 0 amide bonds. The lowest BCUT2D eigenvalue weighted by molar-refractivity contribution is 0.373. The lowest BCUT2D eigenvalue weighted by atomic mass is 9.93. The zero-order chi connectivity index (χ0) is 19.3. The molecule has 1 N–H and O–H groups in total. The average molecular weight is 386 g/mol. The van der Waals surface area contributed by atoms with Crippen molar-refractivity contribution < 1.29 is 0 Å². The predicted octanol–water partition coefficient (Wildman–Crippen LogP) is 3.38. The lowest BCUT2D eigenvalue weighted by Gasteiger charge is -2.37. The highest BCUT2D eigenvalue weighted by molar-refractivity contribution is 7.09. The average Bonchev–Trinajstić information content (AvgIpc) is 3.16. The van der Waals surface area contributed by atoms with Crippen LogP contribution in [0.3, 0.4) is 0 Å². The third kappa shape index (κ3) is 5.22. The molecule has 6 heteroatoms. The first-order chi connectivity index (χ1) is 13.0. The molecule has 0 aliphatic carbocycles. The van der Waals surface area contributed by atoms with Crippen LogP contribution in [-0.2, 0) is 11.8 Å². The van der Waals surface area contributed by atoms with Gasteiger partial charge < -0.3 is 15.1 Å². The Kier molecular flexibility index (Phi) is 6.37. The van der Waals surface area contributed by atoms with Crippen molar-refractivity contribution in [2.24, 2.45) is 4.99 Å². The number of nitrogens with zero attached hydrogens (tertiary/aromatic N) is 4. The molecule has 2 aromatic rings. The number of anilines is 1. The molecule has 2 heterocycles. The molecule has 0 bridgehead atoms. The van der Waals surface area contributed by atoms with Crippen molar-refractivity contribution >= 4 is 23.0 Å². The summed E-state index contributed by atoms with van der Waals surface area (Å²) >= 11 is 1.76. The third-order valence-corrected chi connectivity index (χ3v) is 5.76. The maximum atomic E-state index is 4.78. The van der Waals surface area contributed by atoms with Crippen LogP contribution in [0.25, 0.3) is 0 Å². The zero-order valence-corrected chi connectivity index (χ0v) is 17.7. The Morgan fingerprint density at radius 2 is 1.85 bits per heavy atom. The molecule has 27 heavy (non-hydrogen) atoms. The first-order valence-corrected chi connectivity index (χ1v) is 10.6. The Hall–Kier alpha value is -2.08. The fraction of sp³-hybridized carbons (Fsp3) is 0.524. The second-order valence-corrected chi connectivity index (χ2v) is 8.85. The van der Waals surface area contributed by atoms with Crippen LogP contribution in [0, 0.1) is 0 Å². The van der Waals surface area contributed by atoms with Gasteiger partial charge in [-0.1, -0.05) is 39.0 Å². The van der Waals surface area contributed by atoms with Crippen LogP contribution in [0.5, 0.6) is 0 Å². The Balaban J connectivity index is 1.47. The maximum absolute atomic E-state index is 4.78. The van der Waals surface area contributed by atoms with Gasteiger partial charge in [-0.15, -0.1) is 11.3 Å². The number of aromatic nitrogens is 1. The highest BCUT2D eigenvalue weighted by Gasteiger charge is 2.20. The van der Waals surface area contributed by atoms with E-state index in [4.69, 9.17) is 4.98 Å². The maximum Gasteiger partial charge on any atom is 0.193 e. The van der Waals surface area contributed by atoms with Crippen molar-refractivity contribution in [3.63, 3.8) is 0 Å². The summed E-state index contributed by atoms with van der Waals surface area (Å²) in [5, 5.41) is 6.89. The monoisotopic (exact) mass is 385 g/mol. The quantitative estimate of drug-likeness (QED) is 0.647. The summed E-state index contributed by atoms with van der Waals surface area (Å²) in [5.41, 5.74) is 2.61. The molecule has 146 valence electrons. The van der Waals surface area contributed by atoms with E-state index >= 15 is 0 Å². The van der Waals surface area contributed by atoms with E-state index < -0.39 is 0 Å². The topological polar surface area (TPSA) is 43.8 Å². The van der Waals surface area contributed by atoms with E-state index in [2.05, 4.69) is 76.6 Å². The molecular formula is C21H31N5S. The molecular weight excluding hydrogens is 354 g/mol. The molecule has 0 saturated carbocycles. The van der Waals surface area contributed by atoms with Gasteiger partial charge >= 0.3 is 0 Å². The van der Waals surface area contributed by atoms with E-state index in [0.29, 0.717) is 0 Å². The summed E-state index contributed by atoms with van der Waals surface area (Å²) in [6.07, 6.45) is 0.934. The molecule has 0 radical (unpaired) electrons. The second kappa shape index (κ2) is 8.74. The molecule has 0 atom stereocenters. The Morgan fingerprint density at radius 1 is 1.15 bits per heavy atom. The molecule has 0 spiro atoms. The van der Waals surface area contributed by atoms with Gasteiger partial charge in [0, 0.05) is 62.7 Å². The van der Waals surface area contributed by atoms with Crippen molar-refractivity contribution in [3.8, 4) is 0 Å². The SMILES string of the molecule is CN=C(NCCc1nc(C(C)(C)C)cs1)N1CCN(c2ccccc2)CC1. The van der Waals surface area contributed by atoms with Crippen LogP contribution >= 0.6 is 11.3 Å². The summed E-state index contributed by atoms with van der Waals surface area (Å²) in [6.45, 7) is 11.5. The minimum absolute atomic E-state index is 0.122. The lowest BCUT2D eigenvalue weighted by Crippen LogP contribution is -2.52. The van der Waals surface area contributed by atoms with Crippen LogP contribution in [-0.4, -0.2) is 55.6 Å². The van der Waals surface area contributed by atoms with Gasteiger partial charge in [0.25, 0.3) is 0 Å². The van der Waals surface area contributed by atoms with Gasteiger partial charge in [0.1, 0.15) is 0 Å². The van der Waals surface area contributed by atoms with E-state index in [0.717, 1.165) is 45.1 Å². The van der Waals surface area contributed by atoms with E-state index in [9.17, 15) is 0 Å². The number of thiazole rings is 1. The first kappa shape index (κ1) is 19.7. The molecule has 5 nitrogen and oxygen atoms in total. The van der Waals surface area contributed by atoms with Crippen LogP contribution in [0.4, 0.5) is 5.69 Å². The Labute approximate surface area is 167 Å². The highest BCUT2D eigenvalue weighted by atomic mass is 32.1. The smallest absolute Gasteiger partial charge is 0.193 e. The van der Waals surface area contributed by atoms with E-state index in [1.54, 1.807) is 11.3 Å². The number of hydrogen-bond acceptors (Lipinski definition) is 4. The number of aliphatic imine (C=N–C) groups is 1. The fourth-order valence-corrected chi connectivity index (χ4v) is 4.22. The van der Waals surface area contributed by atoms with Gasteiger partial charge in [-0.2, -0.15) is 0 Å². The fourth-order valence-electron chi connectivity index (χ4n) is 3.20. The second-order valence-electron chi connectivity index (χ2n) is 7.91. The third-order valence-electron chi connectivity index (χ3n) is 4.85. The van der Waals surface area contributed by atoms with Gasteiger partial charge in [-0.05, 0) is 12.1 Å². The van der Waals surface area contributed by atoms with Crippen LogP contribution in [0.2, 0.25) is 0 Å². The highest BCUT2D eigenvalue weighted by Crippen LogP contribution is 2.24. The van der Waals surface area contributed by atoms with Crippen molar-refractivity contribution in [1.29, 1.82) is 0 Å². The molecule has 1 aliphatic heterocycles. The molecule has 1 saturated heterocycles. The largest absolute Gasteiger partial charge is 0.368 e. The summed E-state index contributed by atoms with van der Waals surface area (Å²) in [6, 6.07) is 10.6. The van der Waals surface area contributed by atoms with Gasteiger partial charge in [0.2, 0.25) is 0 Å². The molecule has 1 fully saturated rings. The summed E-state index contributed by atoms with van der Waals surface area (Å²) < 4.78 is 0. The van der Waals surface area contributed by atoms with E-state index in [1.165, 1.54) is 16.4 Å².